The lowest BCUT2D eigenvalue weighted by Crippen LogP contribution is -2.16. The quantitative estimate of drug-likeness (QED) is 0.686. The van der Waals surface area contributed by atoms with Gasteiger partial charge in [-0.25, -0.2) is 0 Å². The van der Waals surface area contributed by atoms with Crippen molar-refractivity contribution in [2.45, 2.75) is 33.2 Å². The van der Waals surface area contributed by atoms with Crippen LogP contribution in [-0.2, 0) is 6.42 Å². The Morgan fingerprint density at radius 1 is 1.14 bits per heavy atom. The van der Waals surface area contributed by atoms with Gasteiger partial charge in [0.2, 0.25) is 0 Å². The normalized spacial score (nSPS) is 12.2. The summed E-state index contributed by atoms with van der Waals surface area (Å²) in [6.45, 7) is 5.89. The molecule has 0 fully saturated rings. The van der Waals surface area contributed by atoms with E-state index in [9.17, 15) is 10.1 Å². The first-order valence-corrected chi connectivity index (χ1v) is 6.95. The van der Waals surface area contributed by atoms with Crippen LogP contribution in [0.2, 0.25) is 0 Å². The van der Waals surface area contributed by atoms with Gasteiger partial charge in [-0.1, -0.05) is 24.3 Å². The van der Waals surface area contributed by atoms with E-state index < -0.39 is 0 Å². The number of rotatable bonds is 4. The summed E-state index contributed by atoms with van der Waals surface area (Å²) in [7, 11) is 0. The Balaban J connectivity index is 2.37. The zero-order valence-corrected chi connectivity index (χ0v) is 12.6. The Kier molecular flexibility index (Phi) is 4.38. The maximum absolute atomic E-state index is 11.0. The molecular formula is C17H20N2O2. The number of aryl methyl sites for hydroxylation is 2. The fourth-order valence-corrected chi connectivity index (χ4v) is 2.54. The highest BCUT2D eigenvalue weighted by Crippen LogP contribution is 2.27. The highest BCUT2D eigenvalue weighted by atomic mass is 16.6. The fourth-order valence-electron chi connectivity index (χ4n) is 2.54. The van der Waals surface area contributed by atoms with Crippen LogP contribution in [0, 0.1) is 30.9 Å². The summed E-state index contributed by atoms with van der Waals surface area (Å²) in [6, 6.07) is 11.0. The third-order valence-electron chi connectivity index (χ3n) is 4.00. The summed E-state index contributed by atoms with van der Waals surface area (Å²) in [5.74, 6) is 0. The van der Waals surface area contributed by atoms with E-state index >= 15 is 0 Å². The number of hydrogen-bond acceptors (Lipinski definition) is 3. The zero-order chi connectivity index (χ0) is 15.6. The third kappa shape index (κ3) is 3.28. The summed E-state index contributed by atoms with van der Waals surface area (Å²) in [5, 5.41) is 11.0. The number of nitro benzene ring substituents is 1. The van der Waals surface area contributed by atoms with Crippen LogP contribution in [0.3, 0.4) is 0 Å². The van der Waals surface area contributed by atoms with E-state index in [1.807, 2.05) is 39.0 Å². The minimum atomic E-state index is -0.365. The summed E-state index contributed by atoms with van der Waals surface area (Å²) in [4.78, 5) is 10.7. The van der Waals surface area contributed by atoms with Gasteiger partial charge in [0.15, 0.2) is 0 Å². The molecule has 1 unspecified atom stereocenters. The molecular weight excluding hydrogens is 264 g/mol. The molecule has 0 heterocycles. The van der Waals surface area contributed by atoms with Gasteiger partial charge in [-0.3, -0.25) is 10.1 Å². The standard InChI is InChI=1S/C17H20N2O2/c1-11-6-4-5-7-14(11)9-17(18)16-10-15(19(20)21)8-12(2)13(16)3/h4-8,10,17H,9,18H2,1-3H3. The van der Waals surface area contributed by atoms with Crippen LogP contribution in [0.5, 0.6) is 0 Å². The van der Waals surface area contributed by atoms with Crippen molar-refractivity contribution in [1.82, 2.24) is 0 Å². The summed E-state index contributed by atoms with van der Waals surface area (Å²) < 4.78 is 0. The Morgan fingerprint density at radius 2 is 1.81 bits per heavy atom. The number of benzene rings is 2. The molecule has 0 radical (unpaired) electrons. The Bertz CT molecular complexity index is 680. The van der Waals surface area contributed by atoms with E-state index in [0.29, 0.717) is 6.42 Å². The highest BCUT2D eigenvalue weighted by Gasteiger charge is 2.17. The Hall–Kier alpha value is -2.20. The molecule has 4 nitrogen and oxygen atoms in total. The minimum Gasteiger partial charge on any atom is -0.324 e. The fraction of sp³-hybridized carbons (Fsp3) is 0.294. The molecule has 21 heavy (non-hydrogen) atoms. The maximum atomic E-state index is 11.0. The van der Waals surface area contributed by atoms with E-state index in [0.717, 1.165) is 16.7 Å². The lowest BCUT2D eigenvalue weighted by molar-refractivity contribution is -0.385. The predicted octanol–water partition coefficient (Wildman–Crippen LogP) is 3.76. The molecule has 0 saturated heterocycles. The number of nitrogens with zero attached hydrogens (tertiary/aromatic N) is 1. The van der Waals surface area contributed by atoms with Gasteiger partial charge in [0.05, 0.1) is 4.92 Å². The Labute approximate surface area is 124 Å². The number of non-ortho nitro benzene ring substituents is 1. The van der Waals surface area contributed by atoms with Crippen molar-refractivity contribution in [3.63, 3.8) is 0 Å². The van der Waals surface area contributed by atoms with Crippen molar-refractivity contribution < 1.29 is 4.92 Å². The zero-order valence-electron chi connectivity index (χ0n) is 12.6. The molecule has 110 valence electrons. The van der Waals surface area contributed by atoms with E-state index in [4.69, 9.17) is 5.73 Å². The second-order valence-electron chi connectivity index (χ2n) is 5.47. The van der Waals surface area contributed by atoms with Gasteiger partial charge in [-0.05, 0) is 55.0 Å². The monoisotopic (exact) mass is 284 g/mol. The van der Waals surface area contributed by atoms with Crippen molar-refractivity contribution >= 4 is 5.69 Å². The van der Waals surface area contributed by atoms with Crippen LogP contribution in [0.1, 0.15) is 33.9 Å². The first-order chi connectivity index (χ1) is 9.90. The molecule has 0 bridgehead atoms. The maximum Gasteiger partial charge on any atom is 0.270 e. The molecule has 0 spiro atoms. The van der Waals surface area contributed by atoms with Crippen LogP contribution in [0.15, 0.2) is 36.4 Å². The first kappa shape index (κ1) is 15.2. The summed E-state index contributed by atoms with van der Waals surface area (Å²) >= 11 is 0. The number of nitrogens with two attached hydrogens (primary N) is 1. The molecule has 2 aromatic carbocycles. The average Bonchev–Trinajstić information content (AvgIpc) is 2.43. The van der Waals surface area contributed by atoms with Gasteiger partial charge < -0.3 is 5.73 Å². The molecule has 0 aliphatic rings. The molecule has 0 amide bonds. The number of nitro groups is 1. The Morgan fingerprint density at radius 3 is 2.43 bits per heavy atom. The van der Waals surface area contributed by atoms with Gasteiger partial charge >= 0.3 is 0 Å². The topological polar surface area (TPSA) is 69.2 Å². The van der Waals surface area contributed by atoms with Gasteiger partial charge in [0.1, 0.15) is 0 Å². The number of hydrogen-bond donors (Lipinski definition) is 1. The van der Waals surface area contributed by atoms with Gasteiger partial charge in [-0.2, -0.15) is 0 Å². The van der Waals surface area contributed by atoms with E-state index in [1.165, 1.54) is 11.1 Å². The largest absolute Gasteiger partial charge is 0.324 e. The molecule has 0 aromatic heterocycles. The highest BCUT2D eigenvalue weighted by molar-refractivity contribution is 5.46. The van der Waals surface area contributed by atoms with E-state index in [1.54, 1.807) is 12.1 Å². The van der Waals surface area contributed by atoms with Crippen LogP contribution in [0.4, 0.5) is 5.69 Å². The SMILES string of the molecule is Cc1ccccc1CC(N)c1cc([N+](=O)[O-])cc(C)c1C. The molecule has 2 aromatic rings. The van der Waals surface area contributed by atoms with Crippen LogP contribution >= 0.6 is 0 Å². The van der Waals surface area contributed by atoms with Crippen LogP contribution in [-0.4, -0.2) is 4.92 Å². The van der Waals surface area contributed by atoms with Crippen molar-refractivity contribution in [3.8, 4) is 0 Å². The third-order valence-corrected chi connectivity index (χ3v) is 4.00. The molecule has 2 N–H and O–H groups in total. The summed E-state index contributed by atoms with van der Waals surface area (Å²) in [6.07, 6.45) is 0.675. The molecule has 0 aliphatic carbocycles. The van der Waals surface area contributed by atoms with Gasteiger partial charge in [0, 0.05) is 18.2 Å². The second-order valence-corrected chi connectivity index (χ2v) is 5.47. The van der Waals surface area contributed by atoms with Gasteiger partial charge in [0.25, 0.3) is 5.69 Å². The lowest BCUT2D eigenvalue weighted by atomic mass is 9.92. The van der Waals surface area contributed by atoms with Gasteiger partial charge in [-0.15, -0.1) is 0 Å². The van der Waals surface area contributed by atoms with Crippen LogP contribution < -0.4 is 5.73 Å². The smallest absolute Gasteiger partial charge is 0.270 e. The van der Waals surface area contributed by atoms with Crippen molar-refractivity contribution in [3.05, 3.63) is 74.3 Å². The van der Waals surface area contributed by atoms with Crippen LogP contribution in [0.25, 0.3) is 0 Å². The molecule has 0 saturated carbocycles. The second kappa shape index (κ2) is 6.06. The summed E-state index contributed by atoms with van der Waals surface area (Å²) in [5.41, 5.74) is 11.6. The van der Waals surface area contributed by atoms with Crippen molar-refractivity contribution in [2.75, 3.05) is 0 Å². The van der Waals surface area contributed by atoms with E-state index in [-0.39, 0.29) is 16.7 Å². The molecule has 1 atom stereocenters. The lowest BCUT2D eigenvalue weighted by Gasteiger charge is -2.17. The molecule has 4 heteroatoms. The molecule has 2 rings (SSSR count). The first-order valence-electron chi connectivity index (χ1n) is 6.95. The van der Waals surface area contributed by atoms with Crippen molar-refractivity contribution in [1.29, 1.82) is 0 Å². The minimum absolute atomic E-state index is 0.105. The predicted molar refractivity (Wildman–Crippen MR) is 84.4 cm³/mol. The molecule has 0 aliphatic heterocycles. The average molecular weight is 284 g/mol. The van der Waals surface area contributed by atoms with E-state index in [2.05, 4.69) is 6.07 Å². The van der Waals surface area contributed by atoms with Crippen molar-refractivity contribution in [2.24, 2.45) is 5.73 Å².